The Morgan fingerprint density at radius 2 is 1.79 bits per heavy atom. The van der Waals surface area contributed by atoms with Gasteiger partial charge in [0.15, 0.2) is 5.16 Å². The molecule has 0 spiro atoms. The fourth-order valence-corrected chi connectivity index (χ4v) is 4.91. The summed E-state index contributed by atoms with van der Waals surface area (Å²) < 4.78 is 2.11. The second-order valence-corrected chi connectivity index (χ2v) is 9.06. The third-order valence-electron chi connectivity index (χ3n) is 5.62. The van der Waals surface area contributed by atoms with E-state index in [9.17, 15) is 4.79 Å². The molecule has 1 saturated carbocycles. The van der Waals surface area contributed by atoms with Crippen molar-refractivity contribution in [2.75, 3.05) is 18.0 Å². The van der Waals surface area contributed by atoms with E-state index in [4.69, 9.17) is 0 Å². The Morgan fingerprint density at radius 3 is 2.50 bits per heavy atom. The molecular formula is C21H29N5OS. The Morgan fingerprint density at radius 1 is 1.07 bits per heavy atom. The van der Waals surface area contributed by atoms with Gasteiger partial charge in [-0.3, -0.25) is 9.36 Å². The van der Waals surface area contributed by atoms with Gasteiger partial charge in [-0.25, -0.2) is 0 Å². The molecule has 28 heavy (non-hydrogen) atoms. The summed E-state index contributed by atoms with van der Waals surface area (Å²) >= 11 is 1.49. The van der Waals surface area contributed by atoms with Gasteiger partial charge in [-0.1, -0.05) is 42.8 Å². The largest absolute Gasteiger partial charge is 0.352 e. The van der Waals surface area contributed by atoms with E-state index in [0.717, 1.165) is 42.7 Å². The molecule has 2 fully saturated rings. The molecule has 1 aromatic heterocycles. The van der Waals surface area contributed by atoms with Crippen LogP contribution in [0.15, 0.2) is 35.5 Å². The lowest BCUT2D eigenvalue weighted by Crippen LogP contribution is -2.37. The Balaban J connectivity index is 1.55. The summed E-state index contributed by atoms with van der Waals surface area (Å²) in [6, 6.07) is 10.6. The number of carbonyl (C=O) groups excluding carboxylic acids is 1. The first-order valence-corrected chi connectivity index (χ1v) is 11.3. The number of thioether (sulfide) groups is 1. The van der Waals surface area contributed by atoms with E-state index in [1.54, 1.807) is 0 Å². The van der Waals surface area contributed by atoms with Gasteiger partial charge >= 0.3 is 0 Å². The standard InChI is InChI=1S/C21H29N5OS/c1-16(19(27)22-17-10-6-7-11-17)28-21-24-23-20(25-14-8-3-9-15-25)26(21)18-12-4-2-5-13-18/h2,4-5,12-13,16-17H,3,6-11,14-15H2,1H3,(H,22,27)/t16-/m1/s1. The minimum Gasteiger partial charge on any atom is -0.352 e. The lowest BCUT2D eigenvalue weighted by Gasteiger charge is -2.28. The number of hydrogen-bond donors (Lipinski definition) is 1. The monoisotopic (exact) mass is 399 g/mol. The van der Waals surface area contributed by atoms with Crippen LogP contribution in [0.1, 0.15) is 51.9 Å². The van der Waals surface area contributed by atoms with Gasteiger partial charge in [0.25, 0.3) is 0 Å². The minimum atomic E-state index is -0.207. The zero-order chi connectivity index (χ0) is 19.3. The van der Waals surface area contributed by atoms with Crippen molar-refractivity contribution >= 4 is 23.6 Å². The lowest BCUT2D eigenvalue weighted by molar-refractivity contribution is -0.120. The van der Waals surface area contributed by atoms with Gasteiger partial charge in [0.05, 0.1) is 10.9 Å². The minimum absolute atomic E-state index is 0.0963. The molecule has 2 aliphatic rings. The van der Waals surface area contributed by atoms with Gasteiger partial charge in [0.2, 0.25) is 11.9 Å². The van der Waals surface area contributed by atoms with Crippen LogP contribution in [0.2, 0.25) is 0 Å². The summed E-state index contributed by atoms with van der Waals surface area (Å²) in [4.78, 5) is 15.0. The Labute approximate surface area is 171 Å². The van der Waals surface area contributed by atoms with Gasteiger partial charge < -0.3 is 10.2 Å². The lowest BCUT2D eigenvalue weighted by atomic mass is 10.1. The molecule has 1 aliphatic heterocycles. The second-order valence-electron chi connectivity index (χ2n) is 7.75. The summed E-state index contributed by atoms with van der Waals surface area (Å²) in [6.07, 6.45) is 8.28. The maximum absolute atomic E-state index is 12.7. The van der Waals surface area contributed by atoms with Crippen molar-refractivity contribution < 1.29 is 4.79 Å². The molecule has 1 saturated heterocycles. The quantitative estimate of drug-likeness (QED) is 0.749. The predicted molar refractivity (Wildman–Crippen MR) is 113 cm³/mol. The van der Waals surface area contributed by atoms with Crippen LogP contribution >= 0.6 is 11.8 Å². The number of piperidine rings is 1. The van der Waals surface area contributed by atoms with Crippen LogP contribution in [0.4, 0.5) is 5.95 Å². The number of para-hydroxylation sites is 1. The third kappa shape index (κ3) is 4.35. The van der Waals surface area contributed by atoms with Crippen LogP contribution in [-0.2, 0) is 4.79 Å². The molecule has 6 nitrogen and oxygen atoms in total. The number of anilines is 1. The van der Waals surface area contributed by atoms with Crippen LogP contribution in [-0.4, -0.2) is 45.1 Å². The molecule has 0 unspecified atom stereocenters. The highest BCUT2D eigenvalue weighted by atomic mass is 32.2. The molecular weight excluding hydrogens is 370 g/mol. The van der Waals surface area contributed by atoms with Gasteiger partial charge in [0.1, 0.15) is 0 Å². The van der Waals surface area contributed by atoms with Crippen molar-refractivity contribution in [1.29, 1.82) is 0 Å². The molecule has 2 heterocycles. The summed E-state index contributed by atoms with van der Waals surface area (Å²) in [5.74, 6) is 0.982. The van der Waals surface area contributed by atoms with Crippen LogP contribution < -0.4 is 10.2 Å². The van der Waals surface area contributed by atoms with Gasteiger partial charge in [-0.2, -0.15) is 0 Å². The maximum Gasteiger partial charge on any atom is 0.233 e. The highest BCUT2D eigenvalue weighted by molar-refractivity contribution is 8.00. The Hall–Kier alpha value is -2.02. The fraction of sp³-hybridized carbons (Fsp3) is 0.571. The molecule has 1 amide bonds. The molecule has 1 aliphatic carbocycles. The topological polar surface area (TPSA) is 63.1 Å². The fourth-order valence-electron chi connectivity index (χ4n) is 4.04. The molecule has 4 rings (SSSR count). The number of benzene rings is 1. The maximum atomic E-state index is 12.7. The Kier molecular flexibility index (Phi) is 6.20. The average Bonchev–Trinajstić information content (AvgIpc) is 3.39. The molecule has 0 radical (unpaired) electrons. The first-order chi connectivity index (χ1) is 13.7. The molecule has 150 valence electrons. The van der Waals surface area contributed by atoms with Crippen molar-refractivity contribution in [3.63, 3.8) is 0 Å². The SMILES string of the molecule is C[C@@H](Sc1nnc(N2CCCCC2)n1-c1ccccc1)C(=O)NC1CCCC1. The highest BCUT2D eigenvalue weighted by Crippen LogP contribution is 2.30. The summed E-state index contributed by atoms with van der Waals surface area (Å²) in [5, 5.41) is 12.8. The number of aromatic nitrogens is 3. The van der Waals surface area contributed by atoms with E-state index >= 15 is 0 Å². The number of amides is 1. The van der Waals surface area contributed by atoms with E-state index in [1.165, 1.54) is 43.9 Å². The third-order valence-corrected chi connectivity index (χ3v) is 6.67. The number of carbonyl (C=O) groups is 1. The van der Waals surface area contributed by atoms with E-state index in [-0.39, 0.29) is 11.2 Å². The van der Waals surface area contributed by atoms with Crippen LogP contribution in [0.25, 0.3) is 5.69 Å². The number of rotatable bonds is 6. The van der Waals surface area contributed by atoms with Crippen LogP contribution in [0.5, 0.6) is 0 Å². The molecule has 1 aromatic carbocycles. The van der Waals surface area contributed by atoms with E-state index < -0.39 is 0 Å². The molecule has 2 aromatic rings. The number of nitrogens with zero attached hydrogens (tertiary/aromatic N) is 4. The normalized spacial score (nSPS) is 19.0. The number of hydrogen-bond acceptors (Lipinski definition) is 5. The molecule has 0 bridgehead atoms. The molecule has 1 atom stereocenters. The molecule has 1 N–H and O–H groups in total. The summed E-state index contributed by atoms with van der Waals surface area (Å²) in [6.45, 7) is 3.97. The van der Waals surface area contributed by atoms with Crippen molar-refractivity contribution in [3.8, 4) is 5.69 Å². The van der Waals surface area contributed by atoms with Gasteiger partial charge in [0, 0.05) is 19.1 Å². The van der Waals surface area contributed by atoms with Gasteiger partial charge in [-0.15, -0.1) is 10.2 Å². The van der Waals surface area contributed by atoms with Crippen molar-refractivity contribution in [2.24, 2.45) is 0 Å². The zero-order valence-corrected chi connectivity index (χ0v) is 17.3. The highest BCUT2D eigenvalue weighted by Gasteiger charge is 2.26. The van der Waals surface area contributed by atoms with E-state index in [2.05, 4.69) is 37.1 Å². The second kappa shape index (κ2) is 8.99. The van der Waals surface area contributed by atoms with Crippen molar-refractivity contribution in [2.45, 2.75) is 68.3 Å². The first-order valence-electron chi connectivity index (χ1n) is 10.4. The van der Waals surface area contributed by atoms with Crippen LogP contribution in [0, 0.1) is 0 Å². The van der Waals surface area contributed by atoms with Crippen molar-refractivity contribution in [1.82, 2.24) is 20.1 Å². The van der Waals surface area contributed by atoms with Crippen LogP contribution in [0.3, 0.4) is 0 Å². The summed E-state index contributed by atoms with van der Waals surface area (Å²) in [5.41, 5.74) is 1.04. The number of nitrogens with one attached hydrogen (secondary N) is 1. The summed E-state index contributed by atoms with van der Waals surface area (Å²) in [7, 11) is 0. The molecule has 7 heteroatoms. The van der Waals surface area contributed by atoms with Crippen molar-refractivity contribution in [3.05, 3.63) is 30.3 Å². The van der Waals surface area contributed by atoms with Gasteiger partial charge in [-0.05, 0) is 51.2 Å². The average molecular weight is 400 g/mol. The van der Waals surface area contributed by atoms with E-state index in [0.29, 0.717) is 6.04 Å². The van der Waals surface area contributed by atoms with E-state index in [1.807, 2.05) is 25.1 Å². The smallest absolute Gasteiger partial charge is 0.233 e. The Bertz CT molecular complexity index is 781. The zero-order valence-electron chi connectivity index (χ0n) is 16.5. The predicted octanol–water partition coefficient (Wildman–Crippen LogP) is 3.80. The first kappa shape index (κ1) is 19.3.